The summed E-state index contributed by atoms with van der Waals surface area (Å²) in [5, 5.41) is 1.51. The number of benzene rings is 1. The second kappa shape index (κ2) is 8.18. The Kier molecular flexibility index (Phi) is 5.63. The lowest BCUT2D eigenvalue weighted by molar-refractivity contribution is 0.185. The molecule has 29 heavy (non-hydrogen) atoms. The standard InChI is InChI=1S/C20H20Cl2N4O3/c1-27-14-7-15(28-2)18(22)16(17(14)21)12-6-11-8-24-20(23)26-19(11)13(25-12)5-10-3-4-29-9-10/h6-8,10H,3-5,9H2,1-2H3,(H2,23,24,26). The van der Waals surface area contributed by atoms with E-state index in [1.165, 1.54) is 14.2 Å². The molecule has 1 fully saturated rings. The molecule has 1 unspecified atom stereocenters. The summed E-state index contributed by atoms with van der Waals surface area (Å²) in [4.78, 5) is 13.4. The van der Waals surface area contributed by atoms with Crippen molar-refractivity contribution in [2.24, 2.45) is 5.92 Å². The molecule has 2 N–H and O–H groups in total. The lowest BCUT2D eigenvalue weighted by Crippen LogP contribution is -2.08. The second-order valence-corrected chi connectivity index (χ2v) is 7.59. The number of rotatable bonds is 5. The third kappa shape index (κ3) is 3.77. The van der Waals surface area contributed by atoms with Gasteiger partial charge in [-0.25, -0.2) is 9.97 Å². The van der Waals surface area contributed by atoms with Crippen LogP contribution in [0.4, 0.5) is 5.95 Å². The van der Waals surface area contributed by atoms with Crippen LogP contribution in [0, 0.1) is 5.92 Å². The summed E-state index contributed by atoms with van der Waals surface area (Å²) in [5.74, 6) is 1.46. The topological polar surface area (TPSA) is 92.4 Å². The number of halogens is 2. The Bertz CT molecular complexity index is 1040. The molecule has 1 aliphatic rings. The summed E-state index contributed by atoms with van der Waals surface area (Å²) in [7, 11) is 3.07. The molecule has 1 atom stereocenters. The summed E-state index contributed by atoms with van der Waals surface area (Å²) in [5.41, 5.74) is 8.47. The normalized spacial score (nSPS) is 16.3. The number of fused-ring (bicyclic) bond motifs is 1. The van der Waals surface area contributed by atoms with Crippen molar-refractivity contribution in [3.05, 3.63) is 34.1 Å². The Hall–Kier alpha value is -2.35. The van der Waals surface area contributed by atoms with Gasteiger partial charge in [0.15, 0.2) is 0 Å². The van der Waals surface area contributed by atoms with Crippen molar-refractivity contribution in [3.8, 4) is 22.8 Å². The van der Waals surface area contributed by atoms with Crippen molar-refractivity contribution in [1.29, 1.82) is 0 Å². The van der Waals surface area contributed by atoms with E-state index in [-0.39, 0.29) is 5.95 Å². The summed E-state index contributed by atoms with van der Waals surface area (Å²) < 4.78 is 16.3. The number of ether oxygens (including phenoxy) is 3. The fraction of sp³-hybridized carbons (Fsp3) is 0.350. The monoisotopic (exact) mass is 434 g/mol. The van der Waals surface area contributed by atoms with Crippen LogP contribution in [-0.2, 0) is 11.2 Å². The van der Waals surface area contributed by atoms with Gasteiger partial charge in [-0.1, -0.05) is 23.2 Å². The van der Waals surface area contributed by atoms with E-state index in [0.29, 0.717) is 51.7 Å². The highest BCUT2D eigenvalue weighted by atomic mass is 35.5. The number of nitrogen functional groups attached to an aromatic ring is 1. The highest BCUT2D eigenvalue weighted by molar-refractivity contribution is 6.41. The van der Waals surface area contributed by atoms with E-state index in [4.69, 9.17) is 48.1 Å². The summed E-state index contributed by atoms with van der Waals surface area (Å²) in [6, 6.07) is 3.49. The quantitative estimate of drug-likeness (QED) is 0.643. The van der Waals surface area contributed by atoms with E-state index in [9.17, 15) is 0 Å². The van der Waals surface area contributed by atoms with Gasteiger partial charge >= 0.3 is 0 Å². The first-order chi connectivity index (χ1) is 14.0. The first-order valence-corrected chi connectivity index (χ1v) is 9.87. The molecule has 0 saturated carbocycles. The second-order valence-electron chi connectivity index (χ2n) is 6.84. The molecule has 9 heteroatoms. The molecule has 0 amide bonds. The smallest absolute Gasteiger partial charge is 0.220 e. The zero-order chi connectivity index (χ0) is 20.5. The third-order valence-corrected chi connectivity index (χ3v) is 5.74. The fourth-order valence-corrected chi connectivity index (χ4v) is 4.21. The van der Waals surface area contributed by atoms with Gasteiger partial charge in [-0.05, 0) is 24.8 Å². The van der Waals surface area contributed by atoms with Gasteiger partial charge in [-0.15, -0.1) is 0 Å². The van der Waals surface area contributed by atoms with Crippen LogP contribution < -0.4 is 15.2 Å². The van der Waals surface area contributed by atoms with Gasteiger partial charge in [0, 0.05) is 36.4 Å². The van der Waals surface area contributed by atoms with Crippen molar-refractivity contribution in [2.45, 2.75) is 12.8 Å². The van der Waals surface area contributed by atoms with Crippen LogP contribution in [0.3, 0.4) is 0 Å². The van der Waals surface area contributed by atoms with Gasteiger partial charge in [-0.3, -0.25) is 4.98 Å². The lowest BCUT2D eigenvalue weighted by Gasteiger charge is -2.16. The molecule has 1 saturated heterocycles. The molecule has 0 spiro atoms. The number of pyridine rings is 1. The van der Waals surface area contributed by atoms with E-state index < -0.39 is 0 Å². The molecule has 0 aliphatic carbocycles. The van der Waals surface area contributed by atoms with E-state index in [1.54, 1.807) is 12.3 Å². The Balaban J connectivity index is 1.94. The van der Waals surface area contributed by atoms with E-state index in [2.05, 4.69) is 9.97 Å². The minimum absolute atomic E-state index is 0.204. The molecular formula is C20H20Cl2N4O3. The zero-order valence-corrected chi connectivity index (χ0v) is 17.5. The molecular weight excluding hydrogens is 415 g/mol. The number of anilines is 1. The van der Waals surface area contributed by atoms with Crippen molar-refractivity contribution in [1.82, 2.24) is 15.0 Å². The van der Waals surface area contributed by atoms with Crippen molar-refractivity contribution >= 4 is 40.1 Å². The third-order valence-electron chi connectivity index (χ3n) is 4.99. The van der Waals surface area contributed by atoms with Crippen molar-refractivity contribution < 1.29 is 14.2 Å². The molecule has 4 rings (SSSR count). The molecule has 152 valence electrons. The average Bonchev–Trinajstić information content (AvgIpc) is 3.22. The highest BCUT2D eigenvalue weighted by Crippen LogP contribution is 2.46. The van der Waals surface area contributed by atoms with Crippen LogP contribution in [-0.4, -0.2) is 42.4 Å². The molecule has 2 aromatic heterocycles. The molecule has 3 aromatic rings. The molecule has 1 aliphatic heterocycles. The summed E-state index contributed by atoms with van der Waals surface area (Å²) in [6.45, 7) is 1.45. The van der Waals surface area contributed by atoms with E-state index in [1.807, 2.05) is 6.07 Å². The van der Waals surface area contributed by atoms with Gasteiger partial charge in [0.05, 0.1) is 41.2 Å². The van der Waals surface area contributed by atoms with Gasteiger partial charge in [0.25, 0.3) is 0 Å². The summed E-state index contributed by atoms with van der Waals surface area (Å²) >= 11 is 13.2. The number of methoxy groups -OCH3 is 2. The van der Waals surface area contributed by atoms with Gasteiger partial charge in [0.1, 0.15) is 11.5 Å². The first kappa shape index (κ1) is 19.9. The van der Waals surface area contributed by atoms with Gasteiger partial charge in [0.2, 0.25) is 5.95 Å². The van der Waals surface area contributed by atoms with Crippen LogP contribution in [0.15, 0.2) is 18.3 Å². The first-order valence-electron chi connectivity index (χ1n) is 9.12. The molecule has 1 aromatic carbocycles. The van der Waals surface area contributed by atoms with Crippen LogP contribution in [0.5, 0.6) is 11.5 Å². The predicted octanol–water partition coefficient (Wildman–Crippen LogP) is 4.18. The number of hydrogen-bond acceptors (Lipinski definition) is 7. The van der Waals surface area contributed by atoms with E-state index in [0.717, 1.165) is 29.6 Å². The maximum absolute atomic E-state index is 6.60. The van der Waals surface area contributed by atoms with Gasteiger partial charge in [-0.2, -0.15) is 0 Å². The number of nitrogens with two attached hydrogens (primary N) is 1. The number of hydrogen-bond donors (Lipinski definition) is 1. The SMILES string of the molecule is COc1cc(OC)c(Cl)c(-c2cc3cnc(N)nc3c(CC3CCOC3)n2)c1Cl. The molecule has 0 bridgehead atoms. The Morgan fingerprint density at radius 1 is 1.14 bits per heavy atom. The highest BCUT2D eigenvalue weighted by Gasteiger charge is 2.23. The van der Waals surface area contributed by atoms with Crippen LogP contribution in [0.25, 0.3) is 22.2 Å². The maximum Gasteiger partial charge on any atom is 0.220 e. The predicted molar refractivity (Wildman–Crippen MR) is 113 cm³/mol. The Labute approximate surface area is 178 Å². The summed E-state index contributed by atoms with van der Waals surface area (Å²) in [6.07, 6.45) is 3.36. The van der Waals surface area contributed by atoms with Crippen molar-refractivity contribution in [3.63, 3.8) is 0 Å². The molecule has 0 radical (unpaired) electrons. The number of nitrogens with zero attached hydrogens (tertiary/aromatic N) is 3. The maximum atomic E-state index is 6.60. The fourth-order valence-electron chi connectivity index (χ4n) is 3.52. The van der Waals surface area contributed by atoms with Crippen LogP contribution in [0.1, 0.15) is 12.1 Å². The zero-order valence-electron chi connectivity index (χ0n) is 16.0. The van der Waals surface area contributed by atoms with Crippen LogP contribution in [0.2, 0.25) is 10.0 Å². The van der Waals surface area contributed by atoms with Crippen LogP contribution >= 0.6 is 23.2 Å². The minimum Gasteiger partial charge on any atom is -0.495 e. The Morgan fingerprint density at radius 3 is 2.48 bits per heavy atom. The lowest BCUT2D eigenvalue weighted by atomic mass is 9.99. The minimum atomic E-state index is 0.204. The largest absolute Gasteiger partial charge is 0.495 e. The molecule has 7 nitrogen and oxygen atoms in total. The van der Waals surface area contributed by atoms with Crippen molar-refractivity contribution in [2.75, 3.05) is 33.2 Å². The molecule has 3 heterocycles. The number of aromatic nitrogens is 3. The Morgan fingerprint density at radius 2 is 1.86 bits per heavy atom. The average molecular weight is 435 g/mol. The van der Waals surface area contributed by atoms with Gasteiger partial charge < -0.3 is 19.9 Å². The van der Waals surface area contributed by atoms with E-state index >= 15 is 0 Å².